The fraction of sp³-hybridized carbons (Fsp3) is 0.273. The monoisotopic (exact) mass is 489 g/mol. The standard InChI is InChI=1S/C22H20ClF4NO5/c1-12-6-5-7-15(17(10-30-3)21(29)31-4)16(12)11-32-28-13(2)14-8-9-18(23)19(24)20(14)33-22(25,26)27/h5-10H,11H2,1-4H3/b17-10+,28-13+. The zero-order valence-electron chi connectivity index (χ0n) is 18.0. The number of oxime groups is 1. The van der Waals surface area contributed by atoms with Crippen molar-refractivity contribution in [3.05, 3.63) is 69.7 Å². The molecule has 2 aromatic carbocycles. The Hall–Kier alpha value is -3.27. The van der Waals surface area contributed by atoms with E-state index in [4.69, 9.17) is 25.9 Å². The highest BCUT2D eigenvalue weighted by Crippen LogP contribution is 2.34. The summed E-state index contributed by atoms with van der Waals surface area (Å²) in [5.74, 6) is -3.14. The van der Waals surface area contributed by atoms with Crippen LogP contribution in [0, 0.1) is 12.7 Å². The maximum absolute atomic E-state index is 14.2. The molecule has 0 aliphatic heterocycles. The molecule has 0 N–H and O–H groups in total. The third-order valence-electron chi connectivity index (χ3n) is 4.41. The third kappa shape index (κ3) is 6.61. The quantitative estimate of drug-likeness (QED) is 0.117. The molecule has 0 amide bonds. The Balaban J connectivity index is 2.38. The number of carbonyl (C=O) groups excluding carboxylic acids is 1. The first-order valence-electron chi connectivity index (χ1n) is 9.31. The fourth-order valence-electron chi connectivity index (χ4n) is 2.87. The predicted molar refractivity (Wildman–Crippen MR) is 113 cm³/mol. The molecule has 11 heteroatoms. The first-order valence-corrected chi connectivity index (χ1v) is 9.68. The first kappa shape index (κ1) is 26.0. The molecular weight excluding hydrogens is 470 g/mol. The summed E-state index contributed by atoms with van der Waals surface area (Å²) in [6.07, 6.45) is -3.93. The Bertz CT molecular complexity index is 1080. The van der Waals surface area contributed by atoms with Crippen molar-refractivity contribution < 1.29 is 41.4 Å². The van der Waals surface area contributed by atoms with Gasteiger partial charge in [0, 0.05) is 11.1 Å². The molecule has 2 aromatic rings. The molecule has 0 fully saturated rings. The van der Waals surface area contributed by atoms with Crippen molar-refractivity contribution in [2.75, 3.05) is 14.2 Å². The van der Waals surface area contributed by atoms with E-state index in [1.807, 2.05) is 0 Å². The maximum atomic E-state index is 14.2. The Labute approximate surface area is 192 Å². The van der Waals surface area contributed by atoms with Crippen molar-refractivity contribution >= 4 is 28.9 Å². The van der Waals surface area contributed by atoms with E-state index < -0.39 is 28.9 Å². The summed E-state index contributed by atoms with van der Waals surface area (Å²) in [7, 11) is 2.59. The van der Waals surface area contributed by atoms with Crippen LogP contribution in [-0.4, -0.2) is 32.3 Å². The van der Waals surface area contributed by atoms with E-state index >= 15 is 0 Å². The van der Waals surface area contributed by atoms with Gasteiger partial charge >= 0.3 is 12.3 Å². The van der Waals surface area contributed by atoms with E-state index in [2.05, 4.69) is 9.89 Å². The molecule has 0 aliphatic rings. The summed E-state index contributed by atoms with van der Waals surface area (Å²) < 4.78 is 66.0. The Kier molecular flexibility index (Phi) is 8.69. The van der Waals surface area contributed by atoms with Crippen molar-refractivity contribution in [1.29, 1.82) is 0 Å². The summed E-state index contributed by atoms with van der Waals surface area (Å²) in [5, 5.41) is 3.25. The third-order valence-corrected chi connectivity index (χ3v) is 4.70. The van der Waals surface area contributed by atoms with Gasteiger partial charge < -0.3 is 19.0 Å². The number of nitrogens with zero attached hydrogens (tertiary/aromatic N) is 1. The Morgan fingerprint density at radius 2 is 1.85 bits per heavy atom. The molecule has 0 spiro atoms. The summed E-state index contributed by atoms with van der Waals surface area (Å²) in [4.78, 5) is 17.5. The summed E-state index contributed by atoms with van der Waals surface area (Å²) in [6.45, 7) is 2.92. The van der Waals surface area contributed by atoms with Gasteiger partial charge in [0.25, 0.3) is 0 Å². The average molecular weight is 490 g/mol. The molecule has 0 saturated carbocycles. The van der Waals surface area contributed by atoms with Crippen LogP contribution in [0.15, 0.2) is 41.7 Å². The lowest BCUT2D eigenvalue weighted by Crippen LogP contribution is -2.20. The number of hydrogen-bond donors (Lipinski definition) is 0. The summed E-state index contributed by atoms with van der Waals surface area (Å²) in [5.41, 5.74) is 1.48. The molecule has 0 unspecified atom stereocenters. The smallest absolute Gasteiger partial charge is 0.503 e. The van der Waals surface area contributed by atoms with Crippen molar-refractivity contribution in [2.45, 2.75) is 26.8 Å². The zero-order chi connectivity index (χ0) is 24.8. The number of hydrogen-bond acceptors (Lipinski definition) is 6. The largest absolute Gasteiger partial charge is 0.573 e. The van der Waals surface area contributed by atoms with Gasteiger partial charge in [0.2, 0.25) is 0 Å². The number of benzene rings is 2. The maximum Gasteiger partial charge on any atom is 0.573 e. The van der Waals surface area contributed by atoms with Crippen molar-refractivity contribution in [1.82, 2.24) is 0 Å². The van der Waals surface area contributed by atoms with E-state index in [9.17, 15) is 22.4 Å². The number of aryl methyl sites for hydroxylation is 1. The minimum Gasteiger partial charge on any atom is -0.503 e. The molecule has 178 valence electrons. The van der Waals surface area contributed by atoms with Crippen LogP contribution in [0.1, 0.15) is 29.2 Å². The minimum absolute atomic E-state index is 0.0967. The topological polar surface area (TPSA) is 66.4 Å². The van der Waals surface area contributed by atoms with E-state index in [1.54, 1.807) is 25.1 Å². The van der Waals surface area contributed by atoms with Gasteiger partial charge in [-0.1, -0.05) is 35.0 Å². The van der Waals surface area contributed by atoms with Gasteiger partial charge in [-0.2, -0.15) is 0 Å². The summed E-state index contributed by atoms with van der Waals surface area (Å²) >= 11 is 5.58. The molecule has 0 atom stereocenters. The second kappa shape index (κ2) is 11.0. The number of rotatable bonds is 8. The lowest BCUT2D eigenvalue weighted by Gasteiger charge is -2.15. The van der Waals surface area contributed by atoms with E-state index in [1.165, 1.54) is 27.4 Å². The van der Waals surface area contributed by atoms with Crippen molar-refractivity contribution in [3.63, 3.8) is 0 Å². The molecule has 0 radical (unpaired) electrons. The molecule has 0 aliphatic carbocycles. The van der Waals surface area contributed by atoms with Gasteiger partial charge in [0.1, 0.15) is 12.2 Å². The first-order chi connectivity index (χ1) is 15.5. The number of carbonyl (C=O) groups is 1. The minimum atomic E-state index is -5.14. The molecule has 0 heterocycles. The highest BCUT2D eigenvalue weighted by Gasteiger charge is 2.34. The number of esters is 1. The van der Waals surface area contributed by atoms with Crippen LogP contribution in [-0.2, 0) is 25.7 Å². The molecular formula is C22H20ClF4NO5. The average Bonchev–Trinajstić information content (AvgIpc) is 2.75. The van der Waals surface area contributed by atoms with Crippen LogP contribution in [0.2, 0.25) is 5.02 Å². The highest BCUT2D eigenvalue weighted by atomic mass is 35.5. The molecule has 0 bridgehead atoms. The number of alkyl halides is 3. The SMILES string of the molecule is CO/C=C(/C(=O)OC)c1cccc(C)c1CO/N=C(\C)c1ccc(Cl)c(F)c1OC(F)(F)F. The molecule has 0 aromatic heterocycles. The lowest BCUT2D eigenvalue weighted by molar-refractivity contribution is -0.275. The number of ether oxygens (including phenoxy) is 3. The van der Waals surface area contributed by atoms with Gasteiger partial charge in [-0.3, -0.25) is 0 Å². The number of methoxy groups -OCH3 is 2. The van der Waals surface area contributed by atoms with Gasteiger partial charge in [0.15, 0.2) is 11.6 Å². The van der Waals surface area contributed by atoms with Crippen molar-refractivity contribution in [3.8, 4) is 5.75 Å². The van der Waals surface area contributed by atoms with Crippen LogP contribution < -0.4 is 4.74 Å². The van der Waals surface area contributed by atoms with E-state index in [-0.39, 0.29) is 23.5 Å². The second-order valence-corrected chi connectivity index (χ2v) is 7.00. The predicted octanol–water partition coefficient (Wildman–Crippen LogP) is 5.79. The molecule has 2 rings (SSSR count). The normalized spacial score (nSPS) is 12.4. The van der Waals surface area contributed by atoms with E-state index in [0.29, 0.717) is 11.1 Å². The van der Waals surface area contributed by atoms with Crippen LogP contribution in [0.3, 0.4) is 0 Å². The van der Waals surface area contributed by atoms with Crippen LogP contribution in [0.4, 0.5) is 17.6 Å². The molecule has 0 saturated heterocycles. The van der Waals surface area contributed by atoms with E-state index in [0.717, 1.165) is 17.7 Å². The number of halogens is 5. The van der Waals surface area contributed by atoms with Gasteiger partial charge in [-0.15, -0.1) is 13.2 Å². The Morgan fingerprint density at radius 3 is 2.45 bits per heavy atom. The fourth-order valence-corrected chi connectivity index (χ4v) is 3.02. The van der Waals surface area contributed by atoms with Crippen LogP contribution in [0.5, 0.6) is 5.75 Å². The van der Waals surface area contributed by atoms with Crippen LogP contribution >= 0.6 is 11.6 Å². The Morgan fingerprint density at radius 1 is 1.15 bits per heavy atom. The lowest BCUT2D eigenvalue weighted by atomic mass is 9.97. The zero-order valence-corrected chi connectivity index (χ0v) is 18.8. The molecule has 6 nitrogen and oxygen atoms in total. The van der Waals surface area contributed by atoms with Gasteiger partial charge in [-0.05, 0) is 37.1 Å². The van der Waals surface area contributed by atoms with Crippen molar-refractivity contribution in [2.24, 2.45) is 5.16 Å². The van der Waals surface area contributed by atoms with Gasteiger partial charge in [-0.25, -0.2) is 9.18 Å². The molecule has 33 heavy (non-hydrogen) atoms. The van der Waals surface area contributed by atoms with Gasteiger partial charge in [0.05, 0.1) is 31.2 Å². The summed E-state index contributed by atoms with van der Waals surface area (Å²) in [6, 6.07) is 7.33. The highest BCUT2D eigenvalue weighted by molar-refractivity contribution is 6.31. The second-order valence-electron chi connectivity index (χ2n) is 6.60. The van der Waals surface area contributed by atoms with Crippen LogP contribution in [0.25, 0.3) is 5.57 Å².